The molecule has 0 saturated heterocycles. The molecule has 2 rings (SSSR count). The molecule has 1 atom stereocenters. The Balaban J connectivity index is 2.21. The number of amides is 1. The Bertz CT molecular complexity index is 649. The fourth-order valence-corrected chi connectivity index (χ4v) is 2.04. The second-order valence-corrected chi connectivity index (χ2v) is 4.62. The zero-order chi connectivity index (χ0) is 15.6. The molecular weight excluding hydrogens is 278 g/mol. The standard InChI is InChI=1S/C14H16F2N4O/c1-3-20-7-11(17)13(19-20)14(21)18-8(2)12-9(15)5-4-6-10(12)16/h4-8H,3,17H2,1-2H3,(H,18,21). The Morgan fingerprint density at radius 1 is 1.43 bits per heavy atom. The molecule has 5 nitrogen and oxygen atoms in total. The second kappa shape index (κ2) is 5.90. The number of benzene rings is 1. The molecule has 0 aliphatic rings. The molecule has 3 N–H and O–H groups in total. The molecule has 0 fully saturated rings. The molecule has 1 amide bonds. The van der Waals surface area contributed by atoms with E-state index >= 15 is 0 Å². The number of hydrogen-bond donors (Lipinski definition) is 2. The highest BCUT2D eigenvalue weighted by molar-refractivity contribution is 5.97. The van der Waals surface area contributed by atoms with Crippen molar-refractivity contribution in [2.24, 2.45) is 0 Å². The highest BCUT2D eigenvalue weighted by atomic mass is 19.1. The molecule has 1 aromatic heterocycles. The zero-order valence-electron chi connectivity index (χ0n) is 11.7. The van der Waals surface area contributed by atoms with Gasteiger partial charge in [0.25, 0.3) is 5.91 Å². The molecule has 1 heterocycles. The van der Waals surface area contributed by atoms with Gasteiger partial charge in [0.1, 0.15) is 11.6 Å². The predicted octanol–water partition coefficient (Wildman–Crippen LogP) is 2.25. The number of anilines is 1. The molecule has 0 aliphatic heterocycles. The maximum absolute atomic E-state index is 13.7. The van der Waals surface area contributed by atoms with E-state index in [1.807, 2.05) is 6.92 Å². The number of nitrogens with zero attached hydrogens (tertiary/aromatic N) is 2. The van der Waals surface area contributed by atoms with E-state index in [4.69, 9.17) is 5.73 Å². The minimum Gasteiger partial charge on any atom is -0.396 e. The molecular formula is C14H16F2N4O. The number of nitrogens with one attached hydrogen (secondary N) is 1. The maximum atomic E-state index is 13.7. The van der Waals surface area contributed by atoms with Gasteiger partial charge in [-0.3, -0.25) is 9.48 Å². The van der Waals surface area contributed by atoms with Crippen LogP contribution < -0.4 is 11.1 Å². The number of aromatic nitrogens is 2. The first-order valence-corrected chi connectivity index (χ1v) is 6.51. The molecule has 0 radical (unpaired) electrons. The van der Waals surface area contributed by atoms with Gasteiger partial charge in [-0.1, -0.05) is 6.07 Å². The van der Waals surface area contributed by atoms with Crippen LogP contribution in [0.2, 0.25) is 0 Å². The predicted molar refractivity (Wildman–Crippen MR) is 74.6 cm³/mol. The smallest absolute Gasteiger partial charge is 0.274 e. The number of nitrogen functional groups attached to an aromatic ring is 1. The van der Waals surface area contributed by atoms with Crippen LogP contribution in [0.5, 0.6) is 0 Å². The van der Waals surface area contributed by atoms with Gasteiger partial charge in [0.05, 0.1) is 11.7 Å². The fourth-order valence-electron chi connectivity index (χ4n) is 2.04. The van der Waals surface area contributed by atoms with Crippen molar-refractivity contribution in [3.05, 3.63) is 47.3 Å². The first kappa shape index (κ1) is 15.0. The quantitative estimate of drug-likeness (QED) is 0.908. The number of nitrogens with two attached hydrogens (primary N) is 1. The summed E-state index contributed by atoms with van der Waals surface area (Å²) in [5.41, 5.74) is 5.76. The number of carbonyl (C=O) groups excluding carboxylic acids is 1. The summed E-state index contributed by atoms with van der Waals surface area (Å²) < 4.78 is 28.8. The second-order valence-electron chi connectivity index (χ2n) is 4.62. The Morgan fingerprint density at radius 2 is 2.05 bits per heavy atom. The first-order chi connectivity index (χ1) is 9.93. The van der Waals surface area contributed by atoms with Crippen molar-refractivity contribution in [1.82, 2.24) is 15.1 Å². The van der Waals surface area contributed by atoms with Gasteiger partial charge < -0.3 is 11.1 Å². The molecule has 1 unspecified atom stereocenters. The Morgan fingerprint density at radius 3 is 2.57 bits per heavy atom. The number of aryl methyl sites for hydroxylation is 1. The van der Waals surface area contributed by atoms with Gasteiger partial charge >= 0.3 is 0 Å². The van der Waals surface area contributed by atoms with Crippen LogP contribution in [-0.4, -0.2) is 15.7 Å². The van der Waals surface area contributed by atoms with Crippen LogP contribution >= 0.6 is 0 Å². The summed E-state index contributed by atoms with van der Waals surface area (Å²) in [6, 6.07) is 2.70. The molecule has 0 bridgehead atoms. The summed E-state index contributed by atoms with van der Waals surface area (Å²) in [6.45, 7) is 3.91. The molecule has 2 aromatic rings. The molecule has 0 saturated carbocycles. The van der Waals surface area contributed by atoms with Gasteiger partial charge in [0, 0.05) is 18.3 Å². The zero-order valence-corrected chi connectivity index (χ0v) is 11.7. The molecule has 0 spiro atoms. The Hall–Kier alpha value is -2.44. The maximum Gasteiger partial charge on any atom is 0.274 e. The van der Waals surface area contributed by atoms with E-state index in [0.29, 0.717) is 6.54 Å². The van der Waals surface area contributed by atoms with Crippen molar-refractivity contribution in [2.45, 2.75) is 26.4 Å². The third kappa shape index (κ3) is 3.01. The summed E-state index contributed by atoms with van der Waals surface area (Å²) >= 11 is 0. The van der Waals surface area contributed by atoms with Gasteiger partial charge in [-0.2, -0.15) is 5.10 Å². The lowest BCUT2D eigenvalue weighted by Crippen LogP contribution is -2.29. The van der Waals surface area contributed by atoms with Crippen molar-refractivity contribution in [3.63, 3.8) is 0 Å². The SMILES string of the molecule is CCn1cc(N)c(C(=O)NC(C)c2c(F)cccc2F)n1. The lowest BCUT2D eigenvalue weighted by molar-refractivity contribution is 0.0934. The van der Waals surface area contributed by atoms with Crippen LogP contribution in [-0.2, 0) is 6.54 Å². The van der Waals surface area contributed by atoms with Gasteiger partial charge in [0.15, 0.2) is 5.69 Å². The summed E-state index contributed by atoms with van der Waals surface area (Å²) in [5.74, 6) is -2.00. The highest BCUT2D eigenvalue weighted by Gasteiger charge is 2.21. The van der Waals surface area contributed by atoms with Gasteiger partial charge in [0.2, 0.25) is 0 Å². The van der Waals surface area contributed by atoms with Crippen molar-refractivity contribution in [1.29, 1.82) is 0 Å². The summed E-state index contributed by atoms with van der Waals surface area (Å²) in [7, 11) is 0. The largest absolute Gasteiger partial charge is 0.396 e. The average Bonchev–Trinajstić information content (AvgIpc) is 2.80. The van der Waals surface area contributed by atoms with E-state index in [-0.39, 0.29) is 16.9 Å². The van der Waals surface area contributed by atoms with Crippen LogP contribution in [0.3, 0.4) is 0 Å². The van der Waals surface area contributed by atoms with Crippen molar-refractivity contribution >= 4 is 11.6 Å². The molecule has 1 aromatic carbocycles. The average molecular weight is 294 g/mol. The van der Waals surface area contributed by atoms with Crippen LogP contribution in [0.15, 0.2) is 24.4 Å². The Labute approximate surface area is 120 Å². The number of hydrogen-bond acceptors (Lipinski definition) is 3. The van der Waals surface area contributed by atoms with E-state index in [1.54, 1.807) is 0 Å². The third-order valence-corrected chi connectivity index (χ3v) is 3.11. The minimum absolute atomic E-state index is 0.0421. The van der Waals surface area contributed by atoms with E-state index in [9.17, 15) is 13.6 Å². The number of halogens is 2. The monoisotopic (exact) mass is 294 g/mol. The van der Waals surface area contributed by atoms with Crippen LogP contribution in [0.4, 0.5) is 14.5 Å². The van der Waals surface area contributed by atoms with Crippen LogP contribution in [0.25, 0.3) is 0 Å². The van der Waals surface area contributed by atoms with Gasteiger partial charge in [-0.25, -0.2) is 8.78 Å². The minimum atomic E-state index is -0.843. The molecule has 21 heavy (non-hydrogen) atoms. The highest BCUT2D eigenvalue weighted by Crippen LogP contribution is 2.21. The number of rotatable bonds is 4. The van der Waals surface area contributed by atoms with Crippen LogP contribution in [0, 0.1) is 11.6 Å². The summed E-state index contributed by atoms with van der Waals surface area (Å²) in [4.78, 5) is 12.1. The lowest BCUT2D eigenvalue weighted by atomic mass is 10.1. The fraction of sp³-hybridized carbons (Fsp3) is 0.286. The normalized spacial score (nSPS) is 12.2. The topological polar surface area (TPSA) is 72.9 Å². The van der Waals surface area contributed by atoms with E-state index in [2.05, 4.69) is 10.4 Å². The van der Waals surface area contributed by atoms with Crippen LogP contribution in [0.1, 0.15) is 35.9 Å². The summed E-state index contributed by atoms with van der Waals surface area (Å²) in [6.07, 6.45) is 1.53. The lowest BCUT2D eigenvalue weighted by Gasteiger charge is -2.15. The third-order valence-electron chi connectivity index (χ3n) is 3.11. The van der Waals surface area contributed by atoms with Crippen molar-refractivity contribution in [3.8, 4) is 0 Å². The molecule has 112 valence electrons. The van der Waals surface area contributed by atoms with E-state index < -0.39 is 23.6 Å². The van der Waals surface area contributed by atoms with E-state index in [0.717, 1.165) is 12.1 Å². The number of carbonyl (C=O) groups is 1. The van der Waals surface area contributed by atoms with Gasteiger partial charge in [-0.05, 0) is 26.0 Å². The Kier molecular flexibility index (Phi) is 4.21. The first-order valence-electron chi connectivity index (χ1n) is 6.51. The molecule has 0 aliphatic carbocycles. The van der Waals surface area contributed by atoms with E-state index in [1.165, 1.54) is 23.9 Å². The van der Waals surface area contributed by atoms with Crippen molar-refractivity contribution in [2.75, 3.05) is 5.73 Å². The van der Waals surface area contributed by atoms with Gasteiger partial charge in [-0.15, -0.1) is 0 Å². The summed E-state index contributed by atoms with van der Waals surface area (Å²) in [5, 5.41) is 6.51. The molecule has 7 heteroatoms. The van der Waals surface area contributed by atoms with Crippen molar-refractivity contribution < 1.29 is 13.6 Å².